The van der Waals surface area contributed by atoms with Gasteiger partial charge in [-0.25, -0.2) is 4.79 Å². The largest absolute Gasteiger partial charge is 0.461 e. The highest BCUT2D eigenvalue weighted by Crippen LogP contribution is 2.49. The molecule has 0 radical (unpaired) electrons. The molecule has 0 aromatic carbocycles. The zero-order valence-electron chi connectivity index (χ0n) is 16.5. The van der Waals surface area contributed by atoms with Gasteiger partial charge in [0.25, 0.3) is 0 Å². The molecule has 2 fully saturated rings. The second-order valence-electron chi connectivity index (χ2n) is 8.20. The van der Waals surface area contributed by atoms with E-state index in [9.17, 15) is 14.7 Å². The van der Waals surface area contributed by atoms with Gasteiger partial charge in [0.15, 0.2) is 5.79 Å². The van der Waals surface area contributed by atoms with Gasteiger partial charge in [-0.05, 0) is 25.5 Å². The van der Waals surface area contributed by atoms with E-state index in [1.54, 1.807) is 26.8 Å². The number of rotatable bonds is 3. The fraction of sp³-hybridized carbons (Fsp3) is 0.700. The number of hydrogen-bond donors (Lipinski definition) is 1. The molecule has 3 unspecified atom stereocenters. The van der Waals surface area contributed by atoms with Crippen molar-refractivity contribution in [2.24, 2.45) is 11.8 Å². The summed E-state index contributed by atoms with van der Waals surface area (Å²) in [5.41, 5.74) is -0.0672. The number of carbonyl (C=O) groups is 2. The second kappa shape index (κ2) is 6.72. The summed E-state index contributed by atoms with van der Waals surface area (Å²) >= 11 is 0. The van der Waals surface area contributed by atoms with E-state index in [1.165, 1.54) is 7.11 Å². The van der Waals surface area contributed by atoms with Crippen LogP contribution in [0.15, 0.2) is 23.8 Å². The Balaban J connectivity index is 2.08. The van der Waals surface area contributed by atoms with Crippen LogP contribution in [0.2, 0.25) is 0 Å². The molecule has 0 spiro atoms. The van der Waals surface area contributed by atoms with Crippen LogP contribution in [0.25, 0.3) is 0 Å². The highest BCUT2D eigenvalue weighted by atomic mass is 16.7. The van der Waals surface area contributed by atoms with Crippen molar-refractivity contribution < 1.29 is 33.6 Å². The molecule has 3 aliphatic heterocycles. The van der Waals surface area contributed by atoms with Gasteiger partial charge in [-0.2, -0.15) is 0 Å². The van der Waals surface area contributed by atoms with Crippen molar-refractivity contribution in [1.82, 2.24) is 0 Å². The Morgan fingerprint density at radius 1 is 1.41 bits per heavy atom. The Labute approximate surface area is 159 Å². The predicted octanol–water partition coefficient (Wildman–Crippen LogP) is 1.88. The molecular formula is C20H28O7. The van der Waals surface area contributed by atoms with Crippen molar-refractivity contribution in [3.05, 3.63) is 23.8 Å². The Morgan fingerprint density at radius 2 is 2.07 bits per heavy atom. The minimum absolute atomic E-state index is 0.190. The van der Waals surface area contributed by atoms with Gasteiger partial charge in [0.2, 0.25) is 0 Å². The van der Waals surface area contributed by atoms with Crippen molar-refractivity contribution in [2.75, 3.05) is 7.11 Å². The van der Waals surface area contributed by atoms with E-state index in [4.69, 9.17) is 18.9 Å². The lowest BCUT2D eigenvalue weighted by Crippen LogP contribution is -2.45. The second-order valence-corrected chi connectivity index (χ2v) is 8.20. The van der Waals surface area contributed by atoms with Gasteiger partial charge in [-0.3, -0.25) is 4.79 Å². The van der Waals surface area contributed by atoms with Crippen molar-refractivity contribution in [2.45, 2.75) is 70.2 Å². The Hall–Kier alpha value is -1.70. The highest BCUT2D eigenvalue weighted by molar-refractivity contribution is 5.91. The van der Waals surface area contributed by atoms with Crippen LogP contribution in [-0.2, 0) is 28.5 Å². The smallest absolute Gasteiger partial charge is 0.334 e. The first-order valence-electron chi connectivity index (χ1n) is 9.25. The Morgan fingerprint density at radius 3 is 2.67 bits per heavy atom. The van der Waals surface area contributed by atoms with Crippen LogP contribution in [0.4, 0.5) is 0 Å². The van der Waals surface area contributed by atoms with Gasteiger partial charge < -0.3 is 24.1 Å². The molecule has 0 aromatic rings. The molecule has 3 heterocycles. The van der Waals surface area contributed by atoms with Gasteiger partial charge >= 0.3 is 11.9 Å². The first-order chi connectivity index (χ1) is 12.5. The Kier molecular flexibility index (Phi) is 4.99. The minimum atomic E-state index is -1.12. The van der Waals surface area contributed by atoms with E-state index in [1.807, 2.05) is 6.92 Å². The SMILES string of the molecule is C=C1C(=O)O[C@H]2/C=C(/C)C3(OC)C[C@H](O)C(C)(C[C@@H](OC(=O)C(C)C)C12)O3. The normalized spacial score (nSPS) is 43.3. The molecule has 150 valence electrons. The summed E-state index contributed by atoms with van der Waals surface area (Å²) in [6.07, 6.45) is -0.00721. The number of ether oxygens (including phenoxy) is 4. The maximum Gasteiger partial charge on any atom is 0.334 e. The zero-order chi connectivity index (χ0) is 20.1. The van der Waals surface area contributed by atoms with Gasteiger partial charge in [-0.1, -0.05) is 20.4 Å². The molecule has 7 heteroatoms. The Bertz CT molecular complexity index is 696. The molecular weight excluding hydrogens is 352 g/mol. The lowest BCUT2D eigenvalue weighted by Gasteiger charge is -2.35. The molecule has 2 bridgehead atoms. The average molecular weight is 380 g/mol. The number of aliphatic hydroxyl groups excluding tert-OH is 1. The van der Waals surface area contributed by atoms with E-state index in [-0.39, 0.29) is 30.3 Å². The molecule has 0 aromatic heterocycles. The van der Waals surface area contributed by atoms with Gasteiger partial charge in [0, 0.05) is 25.5 Å². The highest BCUT2D eigenvalue weighted by Gasteiger charge is 2.59. The third-order valence-electron chi connectivity index (χ3n) is 5.92. The van der Waals surface area contributed by atoms with Crippen molar-refractivity contribution >= 4 is 11.9 Å². The van der Waals surface area contributed by atoms with Crippen LogP contribution < -0.4 is 0 Å². The summed E-state index contributed by atoms with van der Waals surface area (Å²) in [6, 6.07) is 0. The van der Waals surface area contributed by atoms with Gasteiger partial charge in [0.1, 0.15) is 12.2 Å². The molecule has 0 amide bonds. The standard InChI is InChI=1S/C20H28O7/c1-10(2)17(22)26-14-8-19(5)15(21)9-20(24-6,27-19)11(3)7-13-16(14)12(4)18(23)25-13/h7,10,13-16,21H,4,8-9H2,1-3,5-6H3/b11-7-/t13-,14+,15-,16?,19?,20?/m0/s1. The number of hydrogen-bond acceptors (Lipinski definition) is 7. The van der Waals surface area contributed by atoms with Crippen LogP contribution in [0.3, 0.4) is 0 Å². The fourth-order valence-electron chi connectivity index (χ4n) is 4.14. The van der Waals surface area contributed by atoms with Crippen molar-refractivity contribution in [3.8, 4) is 0 Å². The average Bonchev–Trinajstić information content (AvgIpc) is 3.01. The van der Waals surface area contributed by atoms with Crippen LogP contribution in [0, 0.1) is 11.8 Å². The predicted molar refractivity (Wildman–Crippen MR) is 95.5 cm³/mol. The summed E-state index contributed by atoms with van der Waals surface area (Å²) < 4.78 is 23.1. The molecule has 0 saturated carbocycles. The molecule has 27 heavy (non-hydrogen) atoms. The number of methoxy groups -OCH3 is 1. The van der Waals surface area contributed by atoms with Crippen LogP contribution in [0.5, 0.6) is 0 Å². The van der Waals surface area contributed by atoms with E-state index in [0.29, 0.717) is 5.57 Å². The molecule has 1 N–H and O–H groups in total. The number of esters is 2. The van der Waals surface area contributed by atoms with Crippen molar-refractivity contribution in [1.29, 1.82) is 0 Å². The summed E-state index contributed by atoms with van der Waals surface area (Å²) in [6.45, 7) is 10.9. The van der Waals surface area contributed by atoms with Gasteiger partial charge in [0.05, 0.1) is 23.5 Å². The number of carbonyl (C=O) groups excluding carboxylic acids is 2. The third-order valence-corrected chi connectivity index (χ3v) is 5.92. The summed E-state index contributed by atoms with van der Waals surface area (Å²) in [7, 11) is 1.51. The third kappa shape index (κ3) is 3.22. The molecule has 6 atom stereocenters. The minimum Gasteiger partial charge on any atom is -0.461 e. The van der Waals surface area contributed by atoms with Crippen LogP contribution in [-0.4, -0.2) is 53.9 Å². The first-order valence-corrected chi connectivity index (χ1v) is 9.25. The fourth-order valence-corrected chi connectivity index (χ4v) is 4.14. The lowest BCUT2D eigenvalue weighted by molar-refractivity contribution is -0.223. The lowest BCUT2D eigenvalue weighted by atomic mass is 9.80. The van der Waals surface area contributed by atoms with Crippen LogP contribution in [0.1, 0.15) is 40.5 Å². The maximum atomic E-state index is 12.3. The van der Waals surface area contributed by atoms with Gasteiger partial charge in [-0.15, -0.1) is 0 Å². The zero-order valence-corrected chi connectivity index (χ0v) is 16.5. The van der Waals surface area contributed by atoms with E-state index in [0.717, 1.165) is 0 Å². The quantitative estimate of drug-likeness (QED) is 0.454. The number of fused-ring (bicyclic) bond motifs is 3. The van der Waals surface area contributed by atoms with Crippen LogP contribution >= 0.6 is 0 Å². The van der Waals surface area contributed by atoms with Crippen molar-refractivity contribution in [3.63, 3.8) is 0 Å². The number of aliphatic hydroxyl groups is 1. The maximum absolute atomic E-state index is 12.3. The topological polar surface area (TPSA) is 91.3 Å². The monoisotopic (exact) mass is 380 g/mol. The summed E-state index contributed by atoms with van der Waals surface area (Å²) in [4.78, 5) is 24.5. The molecule has 2 saturated heterocycles. The van der Waals surface area contributed by atoms with E-state index < -0.39 is 41.6 Å². The summed E-state index contributed by atoms with van der Waals surface area (Å²) in [5.74, 6) is -2.90. The molecule has 3 aliphatic rings. The first kappa shape index (κ1) is 20.0. The van der Waals surface area contributed by atoms with E-state index in [2.05, 4.69) is 6.58 Å². The van der Waals surface area contributed by atoms with E-state index >= 15 is 0 Å². The molecule has 3 rings (SSSR count). The molecule has 0 aliphatic carbocycles. The molecule has 7 nitrogen and oxygen atoms in total. The summed E-state index contributed by atoms with van der Waals surface area (Å²) in [5, 5.41) is 10.7.